The van der Waals surface area contributed by atoms with Gasteiger partial charge in [-0.05, 0) is 30.3 Å². The Labute approximate surface area is 149 Å². The maximum Gasteiger partial charge on any atom is 0.248 e. The number of nitrogens with one attached hydrogen (secondary N) is 1. The summed E-state index contributed by atoms with van der Waals surface area (Å²) in [7, 11) is 0. The zero-order chi connectivity index (χ0) is 17.5. The first-order valence-corrected chi connectivity index (χ1v) is 8.86. The molecule has 2 aromatic carbocycles. The Balaban J connectivity index is 1.67. The van der Waals surface area contributed by atoms with Gasteiger partial charge in [-0.25, -0.2) is 0 Å². The lowest BCUT2D eigenvalue weighted by atomic mass is 10.2. The van der Waals surface area contributed by atoms with E-state index in [-0.39, 0.29) is 5.91 Å². The number of amides is 1. The van der Waals surface area contributed by atoms with Gasteiger partial charge < -0.3 is 15.1 Å². The van der Waals surface area contributed by atoms with Crippen LogP contribution in [0.2, 0.25) is 0 Å². The molecule has 0 radical (unpaired) electrons. The molecule has 25 heavy (non-hydrogen) atoms. The molecule has 1 aliphatic heterocycles. The molecule has 0 spiro atoms. The van der Waals surface area contributed by atoms with Gasteiger partial charge >= 0.3 is 0 Å². The van der Waals surface area contributed by atoms with Crippen molar-refractivity contribution in [2.75, 3.05) is 42.9 Å². The second-order valence-corrected chi connectivity index (χ2v) is 6.17. The number of hydrogen-bond donors (Lipinski definition) is 1. The first kappa shape index (κ1) is 17.2. The lowest BCUT2D eigenvalue weighted by Crippen LogP contribution is -2.46. The summed E-state index contributed by atoms with van der Waals surface area (Å²) in [6.07, 6.45) is 3.42. The van der Waals surface area contributed by atoms with E-state index >= 15 is 0 Å². The van der Waals surface area contributed by atoms with Crippen molar-refractivity contribution >= 4 is 23.4 Å². The van der Waals surface area contributed by atoms with Gasteiger partial charge in [-0.1, -0.05) is 49.4 Å². The third-order valence-electron chi connectivity index (χ3n) is 4.55. The first-order chi connectivity index (χ1) is 12.3. The Morgan fingerprint density at radius 2 is 1.68 bits per heavy atom. The van der Waals surface area contributed by atoms with E-state index in [0.717, 1.165) is 49.7 Å². The van der Waals surface area contributed by atoms with E-state index in [2.05, 4.69) is 28.1 Å². The summed E-state index contributed by atoms with van der Waals surface area (Å²) < 4.78 is 0. The van der Waals surface area contributed by atoms with Crippen LogP contribution >= 0.6 is 0 Å². The molecular weight excluding hydrogens is 310 g/mol. The van der Waals surface area contributed by atoms with Crippen LogP contribution in [0.5, 0.6) is 0 Å². The molecule has 1 aliphatic rings. The van der Waals surface area contributed by atoms with Crippen molar-refractivity contribution in [2.45, 2.75) is 6.92 Å². The molecule has 0 unspecified atom stereocenters. The van der Waals surface area contributed by atoms with Crippen molar-refractivity contribution in [1.82, 2.24) is 4.90 Å². The molecular formula is C21H25N3O. The number of benzene rings is 2. The van der Waals surface area contributed by atoms with Crippen LogP contribution in [-0.4, -0.2) is 43.5 Å². The van der Waals surface area contributed by atoms with Gasteiger partial charge in [0.1, 0.15) is 0 Å². The summed E-state index contributed by atoms with van der Waals surface area (Å²) in [6, 6.07) is 17.9. The minimum absolute atomic E-state index is 0.108. The van der Waals surface area contributed by atoms with Crippen molar-refractivity contribution in [3.63, 3.8) is 0 Å². The molecule has 4 heteroatoms. The maximum atomic E-state index is 12.3. The first-order valence-electron chi connectivity index (χ1n) is 8.86. The number of carbonyl (C=O) groups is 1. The molecule has 2 aromatic rings. The zero-order valence-electron chi connectivity index (χ0n) is 14.7. The van der Waals surface area contributed by atoms with Gasteiger partial charge in [-0.3, -0.25) is 4.79 Å². The number of carbonyl (C=O) groups excluding carboxylic acids is 1. The van der Waals surface area contributed by atoms with Gasteiger partial charge in [0.2, 0.25) is 5.91 Å². The van der Waals surface area contributed by atoms with Gasteiger partial charge in [-0.15, -0.1) is 0 Å². The Morgan fingerprint density at radius 3 is 2.40 bits per heavy atom. The molecule has 0 atom stereocenters. The van der Waals surface area contributed by atoms with Crippen LogP contribution in [-0.2, 0) is 4.79 Å². The predicted octanol–water partition coefficient (Wildman–Crippen LogP) is 3.48. The molecule has 0 saturated carbocycles. The lowest BCUT2D eigenvalue weighted by molar-refractivity contribution is -0.111. The van der Waals surface area contributed by atoms with Crippen LogP contribution in [0, 0.1) is 0 Å². The summed E-state index contributed by atoms with van der Waals surface area (Å²) in [5.41, 5.74) is 2.98. The van der Waals surface area contributed by atoms with Gasteiger partial charge in [0.25, 0.3) is 0 Å². The number of piperazine rings is 1. The van der Waals surface area contributed by atoms with E-state index < -0.39 is 0 Å². The molecule has 1 saturated heterocycles. The molecule has 1 heterocycles. The topological polar surface area (TPSA) is 35.6 Å². The smallest absolute Gasteiger partial charge is 0.248 e. The summed E-state index contributed by atoms with van der Waals surface area (Å²) >= 11 is 0. The monoisotopic (exact) mass is 335 g/mol. The van der Waals surface area contributed by atoms with Gasteiger partial charge in [0.15, 0.2) is 0 Å². The predicted molar refractivity (Wildman–Crippen MR) is 105 cm³/mol. The van der Waals surface area contributed by atoms with Gasteiger partial charge in [0, 0.05) is 32.3 Å². The highest BCUT2D eigenvalue weighted by Gasteiger charge is 2.18. The minimum atomic E-state index is -0.108. The molecule has 3 rings (SSSR count). The quantitative estimate of drug-likeness (QED) is 0.850. The standard InChI is InChI=1S/C21H25N3O/c1-2-23-14-16-24(17-15-23)20-11-7-6-10-19(20)22-21(25)13-12-18-8-4-3-5-9-18/h3-13H,2,14-17H2,1H3,(H,22,25). The molecule has 1 amide bonds. The van der Waals surface area contributed by atoms with Crippen molar-refractivity contribution in [3.05, 3.63) is 66.2 Å². The highest BCUT2D eigenvalue weighted by Crippen LogP contribution is 2.26. The zero-order valence-corrected chi connectivity index (χ0v) is 14.7. The summed E-state index contributed by atoms with van der Waals surface area (Å²) in [5.74, 6) is -0.108. The SMILES string of the molecule is CCN1CCN(c2ccccc2NC(=O)C=Cc2ccccc2)CC1. The summed E-state index contributed by atoms with van der Waals surface area (Å²) in [6.45, 7) is 7.39. The molecule has 0 aromatic heterocycles. The highest BCUT2D eigenvalue weighted by atomic mass is 16.1. The van der Waals surface area contributed by atoms with E-state index in [4.69, 9.17) is 0 Å². The fourth-order valence-electron chi connectivity index (χ4n) is 3.07. The molecule has 1 N–H and O–H groups in total. The van der Waals surface area contributed by atoms with E-state index in [1.165, 1.54) is 0 Å². The number of rotatable bonds is 5. The van der Waals surface area contributed by atoms with E-state index in [0.29, 0.717) is 0 Å². The summed E-state index contributed by atoms with van der Waals surface area (Å²) in [5, 5.41) is 3.02. The van der Waals surface area contributed by atoms with Crippen molar-refractivity contribution in [3.8, 4) is 0 Å². The van der Waals surface area contributed by atoms with Gasteiger partial charge in [0.05, 0.1) is 11.4 Å². The molecule has 4 nitrogen and oxygen atoms in total. The molecule has 1 fully saturated rings. The van der Waals surface area contributed by atoms with E-state index in [1.807, 2.05) is 54.6 Å². The van der Waals surface area contributed by atoms with Gasteiger partial charge in [-0.2, -0.15) is 0 Å². The summed E-state index contributed by atoms with van der Waals surface area (Å²) in [4.78, 5) is 17.1. The largest absolute Gasteiger partial charge is 0.367 e. The number of anilines is 2. The third-order valence-corrected chi connectivity index (χ3v) is 4.55. The molecule has 130 valence electrons. The van der Waals surface area contributed by atoms with Crippen LogP contribution in [0.1, 0.15) is 12.5 Å². The fraction of sp³-hybridized carbons (Fsp3) is 0.286. The van der Waals surface area contributed by atoms with Crippen LogP contribution in [0.3, 0.4) is 0 Å². The lowest BCUT2D eigenvalue weighted by Gasteiger charge is -2.36. The maximum absolute atomic E-state index is 12.3. The second kappa shape index (κ2) is 8.49. The normalized spacial score (nSPS) is 15.5. The van der Waals surface area contributed by atoms with Crippen LogP contribution < -0.4 is 10.2 Å². The van der Waals surface area contributed by atoms with Crippen LogP contribution in [0.15, 0.2) is 60.7 Å². The molecule has 0 bridgehead atoms. The third kappa shape index (κ3) is 4.70. The molecule has 0 aliphatic carbocycles. The van der Waals surface area contributed by atoms with E-state index in [9.17, 15) is 4.79 Å². The Bertz CT molecular complexity index is 719. The Kier molecular flexibility index (Phi) is 5.86. The van der Waals surface area contributed by atoms with Crippen molar-refractivity contribution in [2.24, 2.45) is 0 Å². The average Bonchev–Trinajstić information content (AvgIpc) is 2.68. The Hall–Kier alpha value is -2.59. The average molecular weight is 335 g/mol. The number of para-hydroxylation sites is 2. The number of hydrogen-bond acceptors (Lipinski definition) is 3. The Morgan fingerprint density at radius 1 is 1.00 bits per heavy atom. The number of likely N-dealkylation sites (N-methyl/N-ethyl adjacent to an activating group) is 1. The second-order valence-electron chi connectivity index (χ2n) is 6.17. The fourth-order valence-corrected chi connectivity index (χ4v) is 3.07. The van der Waals surface area contributed by atoms with E-state index in [1.54, 1.807) is 6.08 Å². The van der Waals surface area contributed by atoms with Crippen LogP contribution in [0.4, 0.5) is 11.4 Å². The minimum Gasteiger partial charge on any atom is -0.367 e. The number of nitrogens with zero attached hydrogens (tertiary/aromatic N) is 2. The highest BCUT2D eigenvalue weighted by molar-refractivity contribution is 6.03. The van der Waals surface area contributed by atoms with Crippen LogP contribution in [0.25, 0.3) is 6.08 Å². The van der Waals surface area contributed by atoms with Crippen molar-refractivity contribution in [1.29, 1.82) is 0 Å². The van der Waals surface area contributed by atoms with Crippen molar-refractivity contribution < 1.29 is 4.79 Å².